The predicted molar refractivity (Wildman–Crippen MR) is 80.7 cm³/mol. The van der Waals surface area contributed by atoms with Crippen LogP contribution < -0.4 is 5.32 Å². The van der Waals surface area contributed by atoms with Crippen molar-refractivity contribution in [2.45, 2.75) is 13.0 Å². The van der Waals surface area contributed by atoms with Crippen molar-refractivity contribution in [3.05, 3.63) is 35.9 Å². The van der Waals surface area contributed by atoms with Crippen molar-refractivity contribution in [1.82, 2.24) is 10.2 Å². The number of likely N-dealkylation sites (tertiary alicyclic amines) is 1. The molecule has 18 heavy (non-hydrogen) atoms. The predicted octanol–water partition coefficient (Wildman–Crippen LogP) is 2.57. The molecule has 0 aromatic heterocycles. The molecule has 4 heteroatoms. The van der Waals surface area contributed by atoms with Crippen LogP contribution in [-0.4, -0.2) is 31.1 Å². The lowest BCUT2D eigenvalue weighted by Gasteiger charge is -2.24. The minimum absolute atomic E-state index is 0. The number of halogens is 2. The summed E-state index contributed by atoms with van der Waals surface area (Å²) in [6, 6.07) is 10.8. The van der Waals surface area contributed by atoms with Gasteiger partial charge in [-0.15, -0.1) is 24.8 Å². The maximum atomic E-state index is 3.51. The van der Waals surface area contributed by atoms with Gasteiger partial charge in [0.1, 0.15) is 0 Å². The van der Waals surface area contributed by atoms with E-state index in [1.54, 1.807) is 0 Å². The molecule has 0 radical (unpaired) electrons. The number of fused-ring (bicyclic) bond motifs is 1. The van der Waals surface area contributed by atoms with Crippen molar-refractivity contribution in [2.24, 2.45) is 11.8 Å². The summed E-state index contributed by atoms with van der Waals surface area (Å²) >= 11 is 0. The van der Waals surface area contributed by atoms with Gasteiger partial charge in [0.2, 0.25) is 0 Å². The van der Waals surface area contributed by atoms with Crippen LogP contribution in [0.4, 0.5) is 0 Å². The van der Waals surface area contributed by atoms with Crippen LogP contribution in [0.2, 0.25) is 0 Å². The third-order valence-electron chi connectivity index (χ3n) is 4.00. The highest BCUT2D eigenvalue weighted by molar-refractivity contribution is 5.85. The fourth-order valence-electron chi connectivity index (χ4n) is 3.14. The van der Waals surface area contributed by atoms with Gasteiger partial charge in [-0.25, -0.2) is 0 Å². The summed E-state index contributed by atoms with van der Waals surface area (Å²) in [6.07, 6.45) is 1.37. The van der Waals surface area contributed by atoms with Crippen molar-refractivity contribution in [2.75, 3.05) is 26.2 Å². The van der Waals surface area contributed by atoms with Crippen molar-refractivity contribution in [1.29, 1.82) is 0 Å². The normalized spacial score (nSPS) is 26.9. The van der Waals surface area contributed by atoms with Crippen LogP contribution in [0.3, 0.4) is 0 Å². The Morgan fingerprint density at radius 3 is 2.50 bits per heavy atom. The van der Waals surface area contributed by atoms with E-state index in [1.165, 1.54) is 38.2 Å². The molecule has 1 aromatic carbocycles. The lowest BCUT2D eigenvalue weighted by atomic mass is 9.90. The molecule has 0 saturated carbocycles. The third kappa shape index (κ3) is 3.61. The van der Waals surface area contributed by atoms with E-state index in [9.17, 15) is 0 Å². The lowest BCUT2D eigenvalue weighted by molar-refractivity contribution is 0.313. The number of hydrogen-bond acceptors (Lipinski definition) is 2. The van der Waals surface area contributed by atoms with E-state index in [1.807, 2.05) is 0 Å². The zero-order chi connectivity index (χ0) is 10.8. The highest BCUT2D eigenvalue weighted by Gasteiger charge is 2.33. The zero-order valence-electron chi connectivity index (χ0n) is 10.5. The first kappa shape index (κ1) is 15.8. The van der Waals surface area contributed by atoms with E-state index in [2.05, 4.69) is 40.5 Å². The molecule has 3 rings (SSSR count). The maximum absolute atomic E-state index is 3.51. The Morgan fingerprint density at radius 2 is 1.78 bits per heavy atom. The van der Waals surface area contributed by atoms with Gasteiger partial charge >= 0.3 is 0 Å². The molecule has 0 aliphatic carbocycles. The molecule has 2 heterocycles. The van der Waals surface area contributed by atoms with Crippen molar-refractivity contribution < 1.29 is 0 Å². The number of piperidine rings is 1. The highest BCUT2D eigenvalue weighted by Crippen LogP contribution is 2.28. The standard InChI is InChI=1S/C14H20N2.2ClH/c1-2-4-12(5-3-1)9-16-10-13-6-7-15-8-14(13)11-16;;/h1-5,13-15H,6-11H2;2*1H/t13-,14+;;/m0../s1. The molecule has 2 saturated heterocycles. The fourth-order valence-corrected chi connectivity index (χ4v) is 3.14. The zero-order valence-corrected chi connectivity index (χ0v) is 12.2. The Kier molecular flexibility index (Phi) is 6.44. The molecule has 1 aromatic rings. The molecule has 2 nitrogen and oxygen atoms in total. The Hall–Kier alpha value is -0.280. The Morgan fingerprint density at radius 1 is 1.06 bits per heavy atom. The highest BCUT2D eigenvalue weighted by atomic mass is 35.5. The second-order valence-corrected chi connectivity index (χ2v) is 5.19. The van der Waals surface area contributed by atoms with Gasteiger partial charge in [0.05, 0.1) is 0 Å². The first-order valence-corrected chi connectivity index (χ1v) is 6.39. The van der Waals surface area contributed by atoms with Crippen LogP contribution in [0.25, 0.3) is 0 Å². The number of nitrogens with zero attached hydrogens (tertiary/aromatic N) is 1. The van der Waals surface area contributed by atoms with E-state index in [4.69, 9.17) is 0 Å². The molecule has 0 amide bonds. The van der Waals surface area contributed by atoms with E-state index >= 15 is 0 Å². The first-order valence-electron chi connectivity index (χ1n) is 6.39. The van der Waals surface area contributed by atoms with Crippen LogP contribution in [0.1, 0.15) is 12.0 Å². The van der Waals surface area contributed by atoms with Crippen LogP contribution >= 0.6 is 24.8 Å². The third-order valence-corrected chi connectivity index (χ3v) is 4.00. The van der Waals surface area contributed by atoms with Crippen LogP contribution in [0.5, 0.6) is 0 Å². The average Bonchev–Trinajstić information content (AvgIpc) is 2.72. The summed E-state index contributed by atoms with van der Waals surface area (Å²) in [5.41, 5.74) is 1.45. The second kappa shape index (κ2) is 7.34. The molecular formula is C14H22Cl2N2. The molecule has 2 aliphatic rings. The summed E-state index contributed by atoms with van der Waals surface area (Å²) < 4.78 is 0. The Labute approximate surface area is 122 Å². The largest absolute Gasteiger partial charge is 0.316 e. The smallest absolute Gasteiger partial charge is 0.0233 e. The summed E-state index contributed by atoms with van der Waals surface area (Å²) in [6.45, 7) is 6.18. The summed E-state index contributed by atoms with van der Waals surface area (Å²) in [5, 5.41) is 3.51. The Bertz CT molecular complexity index is 331. The van der Waals surface area contributed by atoms with Gasteiger partial charge in [-0.05, 0) is 36.9 Å². The van der Waals surface area contributed by atoms with E-state index in [0.717, 1.165) is 18.4 Å². The molecular weight excluding hydrogens is 267 g/mol. The van der Waals surface area contributed by atoms with Gasteiger partial charge in [0, 0.05) is 19.6 Å². The summed E-state index contributed by atoms with van der Waals surface area (Å²) in [7, 11) is 0. The van der Waals surface area contributed by atoms with Gasteiger partial charge < -0.3 is 5.32 Å². The second-order valence-electron chi connectivity index (χ2n) is 5.19. The minimum Gasteiger partial charge on any atom is -0.316 e. The van der Waals surface area contributed by atoms with Crippen molar-refractivity contribution in [3.63, 3.8) is 0 Å². The van der Waals surface area contributed by atoms with E-state index in [0.29, 0.717) is 0 Å². The van der Waals surface area contributed by atoms with Gasteiger partial charge in [0.15, 0.2) is 0 Å². The van der Waals surface area contributed by atoms with Crippen LogP contribution in [0, 0.1) is 11.8 Å². The number of nitrogens with one attached hydrogen (secondary N) is 1. The topological polar surface area (TPSA) is 15.3 Å². The summed E-state index contributed by atoms with van der Waals surface area (Å²) in [4.78, 5) is 2.62. The molecule has 2 fully saturated rings. The Balaban J connectivity index is 0.000000810. The molecule has 1 N–H and O–H groups in total. The van der Waals surface area contributed by atoms with Crippen LogP contribution in [0.15, 0.2) is 30.3 Å². The number of hydrogen-bond donors (Lipinski definition) is 1. The molecule has 0 bridgehead atoms. The monoisotopic (exact) mass is 288 g/mol. The minimum atomic E-state index is 0. The molecule has 0 spiro atoms. The van der Waals surface area contributed by atoms with Gasteiger partial charge in [0.25, 0.3) is 0 Å². The number of rotatable bonds is 2. The van der Waals surface area contributed by atoms with E-state index in [-0.39, 0.29) is 24.8 Å². The molecule has 2 atom stereocenters. The van der Waals surface area contributed by atoms with Gasteiger partial charge in [-0.2, -0.15) is 0 Å². The van der Waals surface area contributed by atoms with Crippen LogP contribution in [-0.2, 0) is 6.54 Å². The molecule has 2 aliphatic heterocycles. The van der Waals surface area contributed by atoms with Crippen molar-refractivity contribution in [3.8, 4) is 0 Å². The first-order chi connectivity index (χ1) is 7.92. The molecule has 0 unspecified atom stereocenters. The van der Waals surface area contributed by atoms with E-state index < -0.39 is 0 Å². The lowest BCUT2D eigenvalue weighted by Crippen LogP contribution is -2.35. The van der Waals surface area contributed by atoms with Crippen molar-refractivity contribution >= 4 is 24.8 Å². The summed E-state index contributed by atoms with van der Waals surface area (Å²) in [5.74, 6) is 1.85. The number of benzene rings is 1. The van der Waals surface area contributed by atoms with Gasteiger partial charge in [-0.3, -0.25) is 4.90 Å². The quantitative estimate of drug-likeness (QED) is 0.900. The average molecular weight is 289 g/mol. The fraction of sp³-hybridized carbons (Fsp3) is 0.571. The molecule has 102 valence electrons. The van der Waals surface area contributed by atoms with Gasteiger partial charge in [-0.1, -0.05) is 30.3 Å². The SMILES string of the molecule is Cl.Cl.c1ccc(CN2C[C@H]3CNCC[C@H]3C2)cc1. The maximum Gasteiger partial charge on any atom is 0.0233 e.